The lowest BCUT2D eigenvalue weighted by Gasteiger charge is -2.05. The quantitative estimate of drug-likeness (QED) is 0.787. The van der Waals surface area contributed by atoms with E-state index in [1.165, 1.54) is 4.68 Å². The Balaban J connectivity index is 3.01. The summed E-state index contributed by atoms with van der Waals surface area (Å²) in [5.41, 5.74) is 4.92. The summed E-state index contributed by atoms with van der Waals surface area (Å²) < 4.78 is 26.6. The maximum atomic E-state index is 12.7. The topological polar surface area (TPSA) is 56.7 Å². The van der Waals surface area contributed by atoms with E-state index in [0.717, 1.165) is 12.8 Å². The van der Waals surface area contributed by atoms with Crippen LogP contribution in [-0.4, -0.2) is 20.0 Å². The molecule has 0 saturated heterocycles. The molecule has 15 heavy (non-hydrogen) atoms. The molecule has 0 bridgehead atoms. The van der Waals surface area contributed by atoms with Crippen molar-refractivity contribution < 1.29 is 8.78 Å². The van der Waals surface area contributed by atoms with Crippen molar-refractivity contribution in [3.05, 3.63) is 11.4 Å². The standard InChI is InChI=1S/C8H12F2N4S/c1-2-3-4-14-6(7(9)10)5(8(11)15)12-13-14/h7H,2-4H2,1H3,(H2,11,15). The first-order chi connectivity index (χ1) is 7.07. The molecule has 2 N–H and O–H groups in total. The molecule has 0 aliphatic carbocycles. The maximum absolute atomic E-state index is 12.7. The van der Waals surface area contributed by atoms with E-state index in [0.29, 0.717) is 6.54 Å². The molecule has 0 radical (unpaired) electrons. The number of alkyl halides is 2. The van der Waals surface area contributed by atoms with Crippen LogP contribution in [0.15, 0.2) is 0 Å². The Kier molecular flexibility index (Phi) is 4.07. The second kappa shape index (κ2) is 5.11. The van der Waals surface area contributed by atoms with E-state index >= 15 is 0 Å². The summed E-state index contributed by atoms with van der Waals surface area (Å²) in [6.45, 7) is 2.37. The number of hydrogen-bond acceptors (Lipinski definition) is 3. The van der Waals surface area contributed by atoms with Gasteiger partial charge in [0, 0.05) is 6.54 Å². The first-order valence-electron chi connectivity index (χ1n) is 4.59. The number of aromatic nitrogens is 3. The Morgan fingerprint density at radius 2 is 2.27 bits per heavy atom. The summed E-state index contributed by atoms with van der Waals surface area (Å²) >= 11 is 4.62. The summed E-state index contributed by atoms with van der Waals surface area (Å²) in [5.74, 6) is 0. The molecule has 1 heterocycles. The molecule has 0 amide bonds. The second-order valence-corrected chi connectivity index (χ2v) is 3.50. The smallest absolute Gasteiger partial charge is 0.282 e. The molecule has 0 fully saturated rings. The number of hydrogen-bond donors (Lipinski definition) is 1. The molecule has 84 valence electrons. The lowest BCUT2D eigenvalue weighted by molar-refractivity contribution is 0.138. The van der Waals surface area contributed by atoms with Gasteiger partial charge in [-0.25, -0.2) is 13.5 Å². The van der Waals surface area contributed by atoms with Crippen LogP contribution in [0.2, 0.25) is 0 Å². The average molecular weight is 234 g/mol. The van der Waals surface area contributed by atoms with Crippen LogP contribution in [0.3, 0.4) is 0 Å². The minimum Gasteiger partial charge on any atom is -0.388 e. The zero-order valence-corrected chi connectivity index (χ0v) is 9.10. The van der Waals surface area contributed by atoms with Gasteiger partial charge in [-0.1, -0.05) is 30.8 Å². The molecular weight excluding hydrogens is 222 g/mol. The lowest BCUT2D eigenvalue weighted by Crippen LogP contribution is -2.14. The number of thiocarbonyl (C=S) groups is 1. The summed E-state index contributed by atoms with van der Waals surface area (Å²) in [6.07, 6.45) is -1.00. The van der Waals surface area contributed by atoms with Crippen molar-refractivity contribution in [2.75, 3.05) is 0 Å². The summed E-state index contributed by atoms with van der Waals surface area (Å²) in [5, 5.41) is 7.17. The van der Waals surface area contributed by atoms with Gasteiger partial charge in [-0.15, -0.1) is 5.10 Å². The van der Waals surface area contributed by atoms with E-state index in [4.69, 9.17) is 5.73 Å². The molecular formula is C8H12F2N4S. The first kappa shape index (κ1) is 12.0. The van der Waals surface area contributed by atoms with Gasteiger partial charge in [-0.05, 0) is 6.42 Å². The molecule has 1 aromatic rings. The normalized spacial score (nSPS) is 10.9. The van der Waals surface area contributed by atoms with Gasteiger partial charge in [0.05, 0.1) is 0 Å². The Labute approximate surface area is 91.4 Å². The van der Waals surface area contributed by atoms with Crippen LogP contribution in [0.25, 0.3) is 0 Å². The largest absolute Gasteiger partial charge is 0.388 e. The molecule has 0 atom stereocenters. The predicted molar refractivity (Wildman–Crippen MR) is 55.8 cm³/mol. The zero-order valence-electron chi connectivity index (χ0n) is 8.28. The fourth-order valence-corrected chi connectivity index (χ4v) is 1.33. The monoisotopic (exact) mass is 234 g/mol. The fourth-order valence-electron chi connectivity index (χ4n) is 1.18. The average Bonchev–Trinajstić information content (AvgIpc) is 2.58. The van der Waals surface area contributed by atoms with Crippen LogP contribution < -0.4 is 5.73 Å². The van der Waals surface area contributed by atoms with E-state index in [-0.39, 0.29) is 16.4 Å². The fraction of sp³-hybridized carbons (Fsp3) is 0.625. The van der Waals surface area contributed by atoms with Gasteiger partial charge in [-0.3, -0.25) is 0 Å². The van der Waals surface area contributed by atoms with Gasteiger partial charge in [0.15, 0.2) is 0 Å². The van der Waals surface area contributed by atoms with Crippen molar-refractivity contribution >= 4 is 17.2 Å². The highest BCUT2D eigenvalue weighted by molar-refractivity contribution is 7.80. The number of nitrogens with two attached hydrogens (primary N) is 1. The summed E-state index contributed by atoms with van der Waals surface area (Å²) in [6, 6.07) is 0. The van der Waals surface area contributed by atoms with Crippen LogP contribution in [-0.2, 0) is 6.54 Å². The van der Waals surface area contributed by atoms with Crippen molar-refractivity contribution in [2.45, 2.75) is 32.7 Å². The number of halogens is 2. The Morgan fingerprint density at radius 1 is 1.60 bits per heavy atom. The second-order valence-electron chi connectivity index (χ2n) is 3.06. The van der Waals surface area contributed by atoms with Crippen LogP contribution in [0.5, 0.6) is 0 Å². The third-order valence-electron chi connectivity index (χ3n) is 1.94. The lowest BCUT2D eigenvalue weighted by atomic mass is 10.3. The molecule has 1 aromatic heterocycles. The number of nitrogens with zero attached hydrogens (tertiary/aromatic N) is 3. The molecule has 0 spiro atoms. The highest BCUT2D eigenvalue weighted by atomic mass is 32.1. The minimum atomic E-state index is -2.66. The third-order valence-corrected chi connectivity index (χ3v) is 2.13. The van der Waals surface area contributed by atoms with Crippen LogP contribution in [0.4, 0.5) is 8.78 Å². The highest BCUT2D eigenvalue weighted by Gasteiger charge is 2.22. The molecule has 1 rings (SSSR count). The Bertz CT molecular complexity index is 350. The summed E-state index contributed by atoms with van der Waals surface area (Å²) in [4.78, 5) is -0.145. The van der Waals surface area contributed by atoms with Gasteiger partial charge in [0.2, 0.25) is 0 Å². The number of rotatable bonds is 5. The summed E-state index contributed by atoms with van der Waals surface area (Å²) in [7, 11) is 0. The van der Waals surface area contributed by atoms with Gasteiger partial charge in [0.25, 0.3) is 6.43 Å². The van der Waals surface area contributed by atoms with E-state index in [1.54, 1.807) is 0 Å². The van der Waals surface area contributed by atoms with Gasteiger partial charge in [-0.2, -0.15) is 0 Å². The first-order valence-corrected chi connectivity index (χ1v) is 5.00. The van der Waals surface area contributed by atoms with E-state index in [9.17, 15) is 8.78 Å². The molecule has 7 heteroatoms. The van der Waals surface area contributed by atoms with Gasteiger partial charge in [0.1, 0.15) is 16.4 Å². The molecule has 0 saturated carbocycles. The zero-order chi connectivity index (χ0) is 11.4. The molecule has 0 aliphatic rings. The highest BCUT2D eigenvalue weighted by Crippen LogP contribution is 2.21. The Hall–Kier alpha value is -1.11. The van der Waals surface area contributed by atoms with Gasteiger partial charge >= 0.3 is 0 Å². The van der Waals surface area contributed by atoms with E-state index < -0.39 is 6.43 Å². The number of aryl methyl sites for hydroxylation is 1. The van der Waals surface area contributed by atoms with Crippen molar-refractivity contribution in [1.82, 2.24) is 15.0 Å². The number of unbranched alkanes of at least 4 members (excludes halogenated alkanes) is 1. The van der Waals surface area contributed by atoms with Crippen molar-refractivity contribution in [1.29, 1.82) is 0 Å². The molecule has 0 aromatic carbocycles. The van der Waals surface area contributed by atoms with Gasteiger partial charge < -0.3 is 5.73 Å². The van der Waals surface area contributed by atoms with E-state index in [2.05, 4.69) is 22.5 Å². The van der Waals surface area contributed by atoms with Crippen LogP contribution in [0.1, 0.15) is 37.6 Å². The van der Waals surface area contributed by atoms with Crippen LogP contribution >= 0.6 is 12.2 Å². The van der Waals surface area contributed by atoms with Crippen molar-refractivity contribution in [3.63, 3.8) is 0 Å². The van der Waals surface area contributed by atoms with E-state index in [1.807, 2.05) is 6.92 Å². The van der Waals surface area contributed by atoms with Crippen LogP contribution in [0, 0.1) is 0 Å². The minimum absolute atomic E-state index is 0.0731. The third kappa shape index (κ3) is 2.68. The Morgan fingerprint density at radius 3 is 2.73 bits per heavy atom. The SMILES string of the molecule is CCCCn1nnc(C(N)=S)c1C(F)F. The van der Waals surface area contributed by atoms with Crippen molar-refractivity contribution in [3.8, 4) is 0 Å². The molecule has 0 unspecified atom stereocenters. The van der Waals surface area contributed by atoms with Crippen molar-refractivity contribution in [2.24, 2.45) is 5.73 Å². The maximum Gasteiger partial charge on any atom is 0.282 e. The molecule has 0 aliphatic heterocycles. The molecule has 4 nitrogen and oxygen atoms in total. The predicted octanol–water partition coefficient (Wildman–Crippen LogP) is 1.65.